The SMILES string of the molecule is C=CCn1c(=NC(=O)CC)sc2c(C)cc(C)cc21. The largest absolute Gasteiger partial charge is 0.312 e. The molecule has 0 saturated carbocycles. The average Bonchev–Trinajstić information content (AvgIpc) is 2.69. The van der Waals surface area contributed by atoms with Crippen molar-refractivity contribution in [2.45, 2.75) is 33.7 Å². The van der Waals surface area contributed by atoms with Crippen LogP contribution in [-0.4, -0.2) is 10.5 Å². The normalized spacial score (nSPS) is 12.1. The van der Waals surface area contributed by atoms with E-state index in [0.717, 1.165) is 10.3 Å². The highest BCUT2D eigenvalue weighted by Gasteiger charge is 2.09. The number of hydrogen-bond acceptors (Lipinski definition) is 2. The number of nitrogens with zero attached hydrogens (tertiary/aromatic N) is 2. The molecule has 1 aromatic heterocycles. The summed E-state index contributed by atoms with van der Waals surface area (Å²) in [5.74, 6) is -0.0845. The minimum atomic E-state index is -0.0845. The van der Waals surface area contributed by atoms with Gasteiger partial charge in [-0.15, -0.1) is 6.58 Å². The molecule has 0 bridgehead atoms. The Morgan fingerprint density at radius 1 is 1.47 bits per heavy atom. The molecule has 0 N–H and O–H groups in total. The maximum atomic E-state index is 11.6. The highest BCUT2D eigenvalue weighted by atomic mass is 32.1. The molecule has 0 unspecified atom stereocenters. The number of thiazole rings is 1. The Morgan fingerprint density at radius 3 is 2.84 bits per heavy atom. The monoisotopic (exact) mass is 274 g/mol. The van der Waals surface area contributed by atoms with Gasteiger partial charge in [0.2, 0.25) is 5.91 Å². The Morgan fingerprint density at radius 2 is 2.21 bits per heavy atom. The van der Waals surface area contributed by atoms with Crippen molar-refractivity contribution in [2.24, 2.45) is 4.99 Å². The quantitative estimate of drug-likeness (QED) is 0.790. The van der Waals surface area contributed by atoms with E-state index in [0.29, 0.717) is 13.0 Å². The first-order valence-corrected chi connectivity index (χ1v) is 7.17. The number of carbonyl (C=O) groups excluding carboxylic acids is 1. The van der Waals surface area contributed by atoms with E-state index in [2.05, 4.69) is 42.1 Å². The van der Waals surface area contributed by atoms with Gasteiger partial charge in [-0.25, -0.2) is 0 Å². The molecule has 100 valence electrons. The van der Waals surface area contributed by atoms with Gasteiger partial charge in [0.05, 0.1) is 10.2 Å². The van der Waals surface area contributed by atoms with Crippen LogP contribution in [0.1, 0.15) is 24.5 Å². The van der Waals surface area contributed by atoms with E-state index in [9.17, 15) is 4.79 Å². The minimum absolute atomic E-state index is 0.0845. The molecule has 2 aromatic rings. The highest BCUT2D eigenvalue weighted by Crippen LogP contribution is 2.23. The molecule has 1 aromatic carbocycles. The van der Waals surface area contributed by atoms with Gasteiger partial charge < -0.3 is 4.57 Å². The lowest BCUT2D eigenvalue weighted by Gasteiger charge is -2.03. The molecule has 0 radical (unpaired) electrons. The molecule has 0 aliphatic carbocycles. The van der Waals surface area contributed by atoms with E-state index < -0.39 is 0 Å². The first kappa shape index (κ1) is 13.7. The Kier molecular flexibility index (Phi) is 4.00. The van der Waals surface area contributed by atoms with Gasteiger partial charge in [-0.2, -0.15) is 4.99 Å². The molecule has 0 fully saturated rings. The molecule has 0 saturated heterocycles. The first-order chi connectivity index (χ1) is 9.06. The van der Waals surface area contributed by atoms with Crippen molar-refractivity contribution in [3.8, 4) is 0 Å². The van der Waals surface area contributed by atoms with E-state index >= 15 is 0 Å². The zero-order chi connectivity index (χ0) is 14.0. The van der Waals surface area contributed by atoms with Gasteiger partial charge in [0.1, 0.15) is 0 Å². The molecule has 0 aliphatic rings. The first-order valence-electron chi connectivity index (χ1n) is 6.35. The fraction of sp³-hybridized carbons (Fsp3) is 0.333. The lowest BCUT2D eigenvalue weighted by molar-refractivity contribution is -0.117. The van der Waals surface area contributed by atoms with Crippen molar-refractivity contribution in [3.05, 3.63) is 40.7 Å². The molecule has 2 rings (SSSR count). The zero-order valence-corrected chi connectivity index (χ0v) is 12.4. The smallest absolute Gasteiger partial charge is 0.248 e. The van der Waals surface area contributed by atoms with Gasteiger partial charge >= 0.3 is 0 Å². The number of allylic oxidation sites excluding steroid dienone is 1. The summed E-state index contributed by atoms with van der Waals surface area (Å²) in [6.07, 6.45) is 2.26. The van der Waals surface area contributed by atoms with E-state index in [4.69, 9.17) is 0 Å². The van der Waals surface area contributed by atoms with Gasteiger partial charge in [-0.05, 0) is 31.0 Å². The van der Waals surface area contributed by atoms with Crippen LogP contribution in [0.25, 0.3) is 10.2 Å². The van der Waals surface area contributed by atoms with Gasteiger partial charge in [-0.1, -0.05) is 30.4 Å². The van der Waals surface area contributed by atoms with Gasteiger partial charge in [0, 0.05) is 13.0 Å². The summed E-state index contributed by atoms with van der Waals surface area (Å²) in [4.78, 5) is 16.5. The topological polar surface area (TPSA) is 34.4 Å². The summed E-state index contributed by atoms with van der Waals surface area (Å²) in [6, 6.07) is 4.29. The number of benzene rings is 1. The average molecular weight is 274 g/mol. The maximum absolute atomic E-state index is 11.6. The van der Waals surface area contributed by atoms with Gasteiger partial charge in [-0.3, -0.25) is 4.79 Å². The molecule has 1 amide bonds. The summed E-state index contributed by atoms with van der Waals surface area (Å²) in [5, 5.41) is 0. The van der Waals surface area contributed by atoms with Crippen molar-refractivity contribution >= 4 is 27.5 Å². The van der Waals surface area contributed by atoms with Crippen molar-refractivity contribution in [2.75, 3.05) is 0 Å². The molecule has 0 spiro atoms. The van der Waals surface area contributed by atoms with Crippen LogP contribution < -0.4 is 4.80 Å². The highest BCUT2D eigenvalue weighted by molar-refractivity contribution is 7.16. The predicted octanol–water partition coefficient (Wildman–Crippen LogP) is 3.34. The number of hydrogen-bond donors (Lipinski definition) is 0. The fourth-order valence-corrected chi connectivity index (χ4v) is 3.20. The predicted molar refractivity (Wildman–Crippen MR) is 80.3 cm³/mol. The lowest BCUT2D eigenvalue weighted by atomic mass is 10.1. The number of rotatable bonds is 3. The van der Waals surface area contributed by atoms with Gasteiger partial charge in [0.15, 0.2) is 4.80 Å². The molecule has 19 heavy (non-hydrogen) atoms. The third-order valence-electron chi connectivity index (χ3n) is 2.95. The van der Waals surface area contributed by atoms with Crippen LogP contribution in [0.3, 0.4) is 0 Å². The van der Waals surface area contributed by atoms with E-state index in [1.807, 2.05) is 13.0 Å². The Balaban J connectivity index is 2.81. The van der Waals surface area contributed by atoms with Crippen LogP contribution in [0, 0.1) is 13.8 Å². The van der Waals surface area contributed by atoms with Crippen molar-refractivity contribution in [3.63, 3.8) is 0 Å². The molecule has 1 heterocycles. The third-order valence-corrected chi connectivity index (χ3v) is 4.18. The van der Waals surface area contributed by atoms with Crippen LogP contribution in [0.5, 0.6) is 0 Å². The molecular formula is C15H18N2OS. The third kappa shape index (κ3) is 2.68. The van der Waals surface area contributed by atoms with E-state index in [1.165, 1.54) is 15.8 Å². The summed E-state index contributed by atoms with van der Waals surface area (Å²) >= 11 is 1.57. The number of fused-ring (bicyclic) bond motifs is 1. The molecule has 0 atom stereocenters. The number of aromatic nitrogens is 1. The standard InChI is InChI=1S/C15H18N2OS/c1-5-7-17-12-9-10(3)8-11(4)14(12)19-15(17)16-13(18)6-2/h5,8-9H,1,6-7H2,2-4H3. The number of aryl methyl sites for hydroxylation is 2. The van der Waals surface area contributed by atoms with Crippen molar-refractivity contribution < 1.29 is 4.79 Å². The zero-order valence-electron chi connectivity index (χ0n) is 11.6. The van der Waals surface area contributed by atoms with Crippen LogP contribution >= 0.6 is 11.3 Å². The van der Waals surface area contributed by atoms with Crippen LogP contribution in [0.15, 0.2) is 29.8 Å². The lowest BCUT2D eigenvalue weighted by Crippen LogP contribution is -2.15. The molecule has 4 heteroatoms. The molecule has 3 nitrogen and oxygen atoms in total. The van der Waals surface area contributed by atoms with Crippen LogP contribution in [0.4, 0.5) is 0 Å². The molecular weight excluding hydrogens is 256 g/mol. The summed E-state index contributed by atoms with van der Waals surface area (Å²) in [5.41, 5.74) is 3.57. The van der Waals surface area contributed by atoms with Gasteiger partial charge in [0.25, 0.3) is 0 Å². The second kappa shape index (κ2) is 5.53. The Bertz CT molecular complexity index is 707. The Labute approximate surface area is 116 Å². The number of amides is 1. The second-order valence-electron chi connectivity index (χ2n) is 4.57. The summed E-state index contributed by atoms with van der Waals surface area (Å²) in [6.45, 7) is 10.4. The fourth-order valence-electron chi connectivity index (χ4n) is 2.09. The molecule has 0 aliphatic heterocycles. The summed E-state index contributed by atoms with van der Waals surface area (Å²) < 4.78 is 3.25. The Hall–Kier alpha value is -1.68. The van der Waals surface area contributed by atoms with E-state index in [1.54, 1.807) is 11.3 Å². The summed E-state index contributed by atoms with van der Waals surface area (Å²) in [7, 11) is 0. The van der Waals surface area contributed by atoms with Crippen molar-refractivity contribution in [1.29, 1.82) is 0 Å². The van der Waals surface area contributed by atoms with Crippen LogP contribution in [0.2, 0.25) is 0 Å². The second-order valence-corrected chi connectivity index (χ2v) is 5.55. The maximum Gasteiger partial charge on any atom is 0.248 e. The van der Waals surface area contributed by atoms with Crippen LogP contribution in [-0.2, 0) is 11.3 Å². The minimum Gasteiger partial charge on any atom is -0.312 e. The number of carbonyl (C=O) groups is 1. The van der Waals surface area contributed by atoms with Crippen molar-refractivity contribution in [1.82, 2.24) is 4.57 Å². The van der Waals surface area contributed by atoms with E-state index in [-0.39, 0.29) is 5.91 Å².